The van der Waals surface area contributed by atoms with Gasteiger partial charge in [0.2, 0.25) is 0 Å². The van der Waals surface area contributed by atoms with Crippen LogP contribution in [0.5, 0.6) is 0 Å². The summed E-state index contributed by atoms with van der Waals surface area (Å²) >= 11 is 0. The van der Waals surface area contributed by atoms with Crippen LogP contribution in [0.15, 0.2) is 24.7 Å². The minimum Gasteiger partial charge on any atom is -0.465 e. The summed E-state index contributed by atoms with van der Waals surface area (Å²) in [5.41, 5.74) is 2.03. The molecule has 158 valence electrons. The molecule has 0 bridgehead atoms. The molecule has 2 N–H and O–H groups in total. The van der Waals surface area contributed by atoms with E-state index in [1.807, 2.05) is 4.90 Å². The molecule has 1 aliphatic carbocycles. The lowest BCUT2D eigenvalue weighted by Gasteiger charge is -2.47. The number of aromatic nitrogens is 4. The Balaban J connectivity index is 1.51. The molecule has 2 fully saturated rings. The molecule has 10 heteroatoms. The number of anilines is 1. The Kier molecular flexibility index (Phi) is 4.37. The fourth-order valence-corrected chi connectivity index (χ4v) is 4.65. The number of carboxylic acid groups (broad SMARTS) is 1. The Morgan fingerprint density at radius 2 is 2.13 bits per heavy atom. The molecule has 0 aromatic carbocycles. The maximum absolute atomic E-state index is 15.4. The van der Waals surface area contributed by atoms with Crippen LogP contribution < -0.4 is 4.90 Å². The van der Waals surface area contributed by atoms with Gasteiger partial charge in [-0.3, -0.25) is 4.68 Å². The number of fused-ring (bicyclic) bond motifs is 1. The summed E-state index contributed by atoms with van der Waals surface area (Å²) in [6, 6.07) is 1.43. The predicted molar refractivity (Wildman–Crippen MR) is 107 cm³/mol. The number of nitrogens with zero attached hydrogens (tertiary/aromatic N) is 5. The van der Waals surface area contributed by atoms with Gasteiger partial charge in [0, 0.05) is 44.6 Å². The molecule has 4 heterocycles. The fraction of sp³-hybridized carbons (Fsp3) is 0.450. The van der Waals surface area contributed by atoms with Crippen LogP contribution >= 0.6 is 0 Å². The number of rotatable bonds is 3. The molecule has 1 atom stereocenters. The maximum atomic E-state index is 15.4. The van der Waals surface area contributed by atoms with Gasteiger partial charge in [0.25, 0.3) is 0 Å². The van der Waals surface area contributed by atoms with Crippen LogP contribution in [0.4, 0.5) is 19.3 Å². The van der Waals surface area contributed by atoms with E-state index < -0.39 is 18.1 Å². The van der Waals surface area contributed by atoms with Crippen LogP contribution in [-0.4, -0.2) is 67.7 Å². The number of pyridine rings is 1. The third kappa shape index (κ3) is 2.98. The van der Waals surface area contributed by atoms with Crippen molar-refractivity contribution < 1.29 is 18.7 Å². The Bertz CT molecular complexity index is 1110. The zero-order chi connectivity index (χ0) is 21.0. The van der Waals surface area contributed by atoms with Crippen LogP contribution in [0, 0.1) is 11.7 Å². The van der Waals surface area contributed by atoms with E-state index >= 15 is 4.39 Å². The number of hydrogen-bond acceptors (Lipinski definition) is 4. The summed E-state index contributed by atoms with van der Waals surface area (Å²) in [5.74, 6) is -0.427. The number of carbonyl (C=O) groups is 1. The molecular weight excluding hydrogens is 394 g/mol. The third-order valence-corrected chi connectivity index (χ3v) is 6.27. The maximum Gasteiger partial charge on any atom is 0.407 e. The van der Waals surface area contributed by atoms with Crippen molar-refractivity contribution in [2.75, 3.05) is 24.5 Å². The highest BCUT2D eigenvalue weighted by Crippen LogP contribution is 2.39. The van der Waals surface area contributed by atoms with E-state index in [-0.39, 0.29) is 12.0 Å². The van der Waals surface area contributed by atoms with Crippen molar-refractivity contribution in [1.29, 1.82) is 0 Å². The number of amides is 1. The first-order valence-electron chi connectivity index (χ1n) is 9.96. The minimum atomic E-state index is -0.992. The van der Waals surface area contributed by atoms with Crippen LogP contribution in [0.2, 0.25) is 0 Å². The molecule has 8 nitrogen and oxygen atoms in total. The molecule has 3 aromatic heterocycles. The number of halogens is 2. The van der Waals surface area contributed by atoms with E-state index in [4.69, 9.17) is 0 Å². The summed E-state index contributed by atoms with van der Waals surface area (Å²) in [5, 5.41) is 14.0. The predicted octanol–water partition coefficient (Wildman–Crippen LogP) is 3.02. The lowest BCUT2D eigenvalue weighted by molar-refractivity contribution is 0.0345. The average molecular weight is 416 g/mol. The topological polar surface area (TPSA) is 90.3 Å². The van der Waals surface area contributed by atoms with Crippen molar-refractivity contribution in [3.8, 4) is 11.3 Å². The summed E-state index contributed by atoms with van der Waals surface area (Å²) in [6.45, 7) is 1.12. The van der Waals surface area contributed by atoms with Crippen molar-refractivity contribution in [3.05, 3.63) is 30.5 Å². The normalized spacial score (nSPS) is 24.3. The van der Waals surface area contributed by atoms with E-state index in [1.54, 1.807) is 36.4 Å². The fourth-order valence-electron chi connectivity index (χ4n) is 4.65. The zero-order valence-corrected chi connectivity index (χ0v) is 16.4. The molecule has 1 amide bonds. The summed E-state index contributed by atoms with van der Waals surface area (Å²) in [7, 11) is 1.76. The Morgan fingerprint density at radius 1 is 1.33 bits per heavy atom. The SMILES string of the molecule is Cn1cc(-c2[nH]c3nccc(N4CCN(C(=O)O)C(C5CC(F)C5)C4)c3c2F)cn1. The second-order valence-electron chi connectivity index (χ2n) is 8.09. The van der Waals surface area contributed by atoms with Crippen LogP contribution in [0.3, 0.4) is 0 Å². The van der Waals surface area contributed by atoms with Gasteiger partial charge in [-0.2, -0.15) is 5.10 Å². The third-order valence-electron chi connectivity index (χ3n) is 6.27. The number of aromatic amines is 1. The van der Waals surface area contributed by atoms with Gasteiger partial charge >= 0.3 is 6.09 Å². The molecule has 1 unspecified atom stereocenters. The lowest BCUT2D eigenvalue weighted by atomic mass is 9.76. The van der Waals surface area contributed by atoms with Crippen molar-refractivity contribution in [2.24, 2.45) is 13.0 Å². The van der Waals surface area contributed by atoms with E-state index in [9.17, 15) is 14.3 Å². The number of piperazine rings is 1. The number of hydrogen-bond donors (Lipinski definition) is 2. The number of nitrogens with one attached hydrogen (secondary N) is 1. The lowest BCUT2D eigenvalue weighted by Crippen LogP contribution is -2.59. The molecule has 0 radical (unpaired) electrons. The van der Waals surface area contributed by atoms with Gasteiger partial charge in [0.05, 0.1) is 29.0 Å². The number of alkyl halides is 1. The highest BCUT2D eigenvalue weighted by molar-refractivity contribution is 5.94. The molecule has 30 heavy (non-hydrogen) atoms. The quantitative estimate of drug-likeness (QED) is 0.685. The van der Waals surface area contributed by atoms with Gasteiger partial charge in [0.15, 0.2) is 5.82 Å². The molecule has 1 saturated heterocycles. The van der Waals surface area contributed by atoms with Gasteiger partial charge < -0.3 is 19.9 Å². The molecule has 1 aliphatic heterocycles. The molecule has 5 rings (SSSR count). The Labute approximate surface area is 171 Å². The molecular formula is C20H22F2N6O2. The number of H-pyrrole nitrogens is 1. The second-order valence-corrected chi connectivity index (χ2v) is 8.09. The second kappa shape index (κ2) is 6.96. The van der Waals surface area contributed by atoms with Crippen LogP contribution in [0.1, 0.15) is 12.8 Å². The monoisotopic (exact) mass is 416 g/mol. The van der Waals surface area contributed by atoms with Gasteiger partial charge in [-0.1, -0.05) is 0 Å². The standard InChI is InChI=1S/C20H22F2N6O2/c1-26-9-12(8-24-26)18-17(22)16-14(2-3-23-19(16)25-18)27-4-5-28(20(29)30)15(10-27)11-6-13(21)7-11/h2-3,8-9,11,13,15H,4-7,10H2,1H3,(H,23,25)(H,29,30). The van der Waals surface area contributed by atoms with Gasteiger partial charge in [0.1, 0.15) is 11.8 Å². The zero-order valence-electron chi connectivity index (χ0n) is 16.4. The average Bonchev–Trinajstić information content (AvgIpc) is 3.28. The van der Waals surface area contributed by atoms with Crippen LogP contribution in [-0.2, 0) is 7.05 Å². The summed E-state index contributed by atoms with van der Waals surface area (Å²) in [6.07, 6.45) is 3.81. The molecule has 1 saturated carbocycles. The largest absolute Gasteiger partial charge is 0.465 e. The van der Waals surface area contributed by atoms with Crippen molar-refractivity contribution in [2.45, 2.75) is 25.1 Å². The van der Waals surface area contributed by atoms with E-state index in [0.717, 1.165) is 0 Å². The summed E-state index contributed by atoms with van der Waals surface area (Å²) in [4.78, 5) is 22.4. The minimum absolute atomic E-state index is 0.0155. The van der Waals surface area contributed by atoms with Gasteiger partial charge in [-0.15, -0.1) is 0 Å². The molecule has 0 spiro atoms. The Hall–Kier alpha value is -3.17. The van der Waals surface area contributed by atoms with Crippen molar-refractivity contribution in [3.63, 3.8) is 0 Å². The van der Waals surface area contributed by atoms with Gasteiger partial charge in [-0.25, -0.2) is 18.6 Å². The first kappa shape index (κ1) is 18.8. The number of aryl methyl sites for hydroxylation is 1. The van der Waals surface area contributed by atoms with E-state index in [2.05, 4.69) is 15.1 Å². The highest BCUT2D eigenvalue weighted by atomic mass is 19.1. The first-order chi connectivity index (χ1) is 14.4. The Morgan fingerprint density at radius 3 is 2.80 bits per heavy atom. The summed E-state index contributed by atoms with van der Waals surface area (Å²) < 4.78 is 30.5. The van der Waals surface area contributed by atoms with Gasteiger partial charge in [-0.05, 0) is 24.8 Å². The van der Waals surface area contributed by atoms with Crippen molar-refractivity contribution in [1.82, 2.24) is 24.6 Å². The van der Waals surface area contributed by atoms with Crippen LogP contribution in [0.25, 0.3) is 22.3 Å². The first-order valence-corrected chi connectivity index (χ1v) is 9.96. The molecule has 3 aromatic rings. The van der Waals surface area contributed by atoms with Crippen molar-refractivity contribution >= 4 is 22.8 Å². The van der Waals surface area contributed by atoms with E-state index in [1.165, 1.54) is 4.90 Å². The van der Waals surface area contributed by atoms with E-state index in [0.29, 0.717) is 60.5 Å². The molecule has 2 aliphatic rings. The highest BCUT2D eigenvalue weighted by Gasteiger charge is 2.42. The smallest absolute Gasteiger partial charge is 0.407 e.